The van der Waals surface area contributed by atoms with Gasteiger partial charge in [-0.05, 0) is 36.2 Å². The molecule has 30 heavy (non-hydrogen) atoms. The predicted molar refractivity (Wildman–Crippen MR) is 118 cm³/mol. The van der Waals surface area contributed by atoms with E-state index in [1.54, 1.807) is 18.5 Å². The van der Waals surface area contributed by atoms with Crippen LogP contribution in [0.3, 0.4) is 0 Å². The molecule has 0 saturated carbocycles. The Morgan fingerprint density at radius 2 is 1.80 bits per heavy atom. The molecule has 0 saturated heterocycles. The van der Waals surface area contributed by atoms with Crippen LogP contribution < -0.4 is 10.6 Å². The van der Waals surface area contributed by atoms with Crippen molar-refractivity contribution in [2.24, 2.45) is 0 Å². The Morgan fingerprint density at radius 3 is 2.57 bits per heavy atom. The highest BCUT2D eigenvalue weighted by Gasteiger charge is 2.14. The quantitative estimate of drug-likeness (QED) is 0.494. The molecular formula is C24H21N5O. The smallest absolute Gasteiger partial charge is 0.274 e. The maximum absolute atomic E-state index is 12.9. The molecule has 2 N–H and O–H groups in total. The number of carbonyl (C=O) groups is 1. The first-order chi connectivity index (χ1) is 14.7. The Kier molecular flexibility index (Phi) is 5.75. The molecule has 4 rings (SSSR count). The topological polar surface area (TPSA) is 79.8 Å². The van der Waals surface area contributed by atoms with Crippen molar-refractivity contribution in [1.82, 2.24) is 15.0 Å². The SMILES string of the molecule is Cc1cccc(NC(=O)c2cc(NCc3cccnc3)nc(-c3ccccc3)n2)c1. The van der Waals surface area contributed by atoms with E-state index in [0.717, 1.165) is 22.4 Å². The van der Waals surface area contributed by atoms with E-state index in [-0.39, 0.29) is 5.91 Å². The first-order valence-corrected chi connectivity index (χ1v) is 9.63. The summed E-state index contributed by atoms with van der Waals surface area (Å²) < 4.78 is 0. The summed E-state index contributed by atoms with van der Waals surface area (Å²) in [6.07, 6.45) is 3.52. The maximum Gasteiger partial charge on any atom is 0.274 e. The number of amides is 1. The van der Waals surface area contributed by atoms with E-state index < -0.39 is 0 Å². The number of rotatable bonds is 6. The fraction of sp³-hybridized carbons (Fsp3) is 0.0833. The number of hydrogen-bond acceptors (Lipinski definition) is 5. The van der Waals surface area contributed by atoms with Gasteiger partial charge >= 0.3 is 0 Å². The van der Waals surface area contributed by atoms with Crippen molar-refractivity contribution in [3.63, 3.8) is 0 Å². The summed E-state index contributed by atoms with van der Waals surface area (Å²) in [5, 5.41) is 6.18. The lowest BCUT2D eigenvalue weighted by molar-refractivity contribution is 0.102. The molecule has 2 aromatic heterocycles. The van der Waals surface area contributed by atoms with Crippen LogP contribution in [0.4, 0.5) is 11.5 Å². The van der Waals surface area contributed by atoms with Gasteiger partial charge in [0, 0.05) is 36.3 Å². The van der Waals surface area contributed by atoms with E-state index in [1.807, 2.05) is 73.7 Å². The van der Waals surface area contributed by atoms with E-state index in [0.29, 0.717) is 23.9 Å². The Labute approximate surface area is 175 Å². The highest BCUT2D eigenvalue weighted by molar-refractivity contribution is 6.03. The van der Waals surface area contributed by atoms with Gasteiger partial charge in [0.05, 0.1) is 0 Å². The first-order valence-electron chi connectivity index (χ1n) is 9.63. The molecular weight excluding hydrogens is 374 g/mol. The van der Waals surface area contributed by atoms with Gasteiger partial charge in [-0.2, -0.15) is 0 Å². The minimum atomic E-state index is -0.287. The lowest BCUT2D eigenvalue weighted by Gasteiger charge is -2.11. The lowest BCUT2D eigenvalue weighted by Crippen LogP contribution is -2.16. The van der Waals surface area contributed by atoms with Crippen LogP contribution in [-0.2, 0) is 6.54 Å². The molecule has 0 atom stereocenters. The van der Waals surface area contributed by atoms with Crippen LogP contribution in [0.25, 0.3) is 11.4 Å². The minimum Gasteiger partial charge on any atom is -0.366 e. The number of anilines is 2. The average molecular weight is 395 g/mol. The molecule has 6 nitrogen and oxygen atoms in total. The Balaban J connectivity index is 1.63. The van der Waals surface area contributed by atoms with Crippen molar-refractivity contribution in [2.45, 2.75) is 13.5 Å². The lowest BCUT2D eigenvalue weighted by atomic mass is 10.2. The molecule has 0 unspecified atom stereocenters. The summed E-state index contributed by atoms with van der Waals surface area (Å²) in [6, 6.07) is 22.8. The Bertz CT molecular complexity index is 1150. The number of aryl methyl sites for hydroxylation is 1. The molecule has 148 valence electrons. The molecule has 0 aliphatic heterocycles. The zero-order valence-electron chi connectivity index (χ0n) is 16.5. The molecule has 1 amide bonds. The number of carbonyl (C=O) groups excluding carboxylic acids is 1. The number of hydrogen-bond donors (Lipinski definition) is 2. The Morgan fingerprint density at radius 1 is 0.933 bits per heavy atom. The van der Waals surface area contributed by atoms with Gasteiger partial charge in [0.2, 0.25) is 0 Å². The van der Waals surface area contributed by atoms with Crippen LogP contribution in [0.1, 0.15) is 21.6 Å². The van der Waals surface area contributed by atoms with Crippen molar-refractivity contribution in [2.75, 3.05) is 10.6 Å². The zero-order valence-corrected chi connectivity index (χ0v) is 16.5. The second kappa shape index (κ2) is 8.96. The number of benzene rings is 2. The summed E-state index contributed by atoms with van der Waals surface area (Å²) >= 11 is 0. The third kappa shape index (κ3) is 4.86. The molecule has 0 spiro atoms. The van der Waals surface area contributed by atoms with Crippen molar-refractivity contribution in [3.05, 3.63) is 102 Å². The second-order valence-corrected chi connectivity index (χ2v) is 6.87. The van der Waals surface area contributed by atoms with E-state index in [1.165, 1.54) is 0 Å². The molecule has 4 aromatic rings. The monoisotopic (exact) mass is 395 g/mol. The zero-order chi connectivity index (χ0) is 20.8. The fourth-order valence-electron chi connectivity index (χ4n) is 2.98. The van der Waals surface area contributed by atoms with Crippen molar-refractivity contribution in [3.8, 4) is 11.4 Å². The number of nitrogens with one attached hydrogen (secondary N) is 2. The summed E-state index contributed by atoms with van der Waals surface area (Å²) in [4.78, 5) is 26.1. The van der Waals surface area contributed by atoms with Crippen LogP contribution in [0.15, 0.2) is 85.2 Å². The molecule has 0 radical (unpaired) electrons. The molecule has 2 aromatic carbocycles. The van der Waals surface area contributed by atoms with E-state index in [9.17, 15) is 4.79 Å². The summed E-state index contributed by atoms with van der Waals surface area (Å²) in [5.74, 6) is 0.771. The Hall–Kier alpha value is -4.06. The number of aromatic nitrogens is 3. The van der Waals surface area contributed by atoms with Crippen LogP contribution in [0, 0.1) is 6.92 Å². The molecule has 0 fully saturated rings. The van der Waals surface area contributed by atoms with Crippen LogP contribution in [0.5, 0.6) is 0 Å². The molecule has 2 heterocycles. The highest BCUT2D eigenvalue weighted by atomic mass is 16.1. The van der Waals surface area contributed by atoms with Crippen molar-refractivity contribution in [1.29, 1.82) is 0 Å². The molecule has 0 aliphatic carbocycles. The predicted octanol–water partition coefficient (Wildman–Crippen LogP) is 4.71. The van der Waals surface area contributed by atoms with Gasteiger partial charge < -0.3 is 10.6 Å². The minimum absolute atomic E-state index is 0.287. The normalized spacial score (nSPS) is 10.4. The van der Waals surface area contributed by atoms with Crippen LogP contribution in [0.2, 0.25) is 0 Å². The fourth-order valence-corrected chi connectivity index (χ4v) is 2.98. The molecule has 0 bridgehead atoms. The van der Waals surface area contributed by atoms with E-state index in [4.69, 9.17) is 0 Å². The molecule has 0 aliphatic rings. The average Bonchev–Trinajstić information content (AvgIpc) is 2.79. The van der Waals surface area contributed by atoms with Gasteiger partial charge in [-0.15, -0.1) is 0 Å². The van der Waals surface area contributed by atoms with Gasteiger partial charge in [0.15, 0.2) is 5.82 Å². The van der Waals surface area contributed by atoms with Gasteiger partial charge in [-0.25, -0.2) is 9.97 Å². The standard InChI is InChI=1S/C24H21N5O/c1-17-7-5-11-20(13-17)27-24(30)21-14-22(26-16-18-8-6-12-25-15-18)29-23(28-21)19-9-3-2-4-10-19/h2-15H,16H2,1H3,(H,27,30)(H,26,28,29). The number of pyridine rings is 1. The summed E-state index contributed by atoms with van der Waals surface area (Å²) in [5.41, 5.74) is 3.94. The van der Waals surface area contributed by atoms with Gasteiger partial charge in [-0.3, -0.25) is 9.78 Å². The highest BCUT2D eigenvalue weighted by Crippen LogP contribution is 2.19. The third-order valence-corrected chi connectivity index (χ3v) is 4.46. The first kappa shape index (κ1) is 19.3. The van der Waals surface area contributed by atoms with Crippen molar-refractivity contribution < 1.29 is 4.79 Å². The second-order valence-electron chi connectivity index (χ2n) is 6.87. The van der Waals surface area contributed by atoms with Gasteiger partial charge in [0.1, 0.15) is 11.5 Å². The molecule has 6 heteroatoms. The largest absolute Gasteiger partial charge is 0.366 e. The summed E-state index contributed by atoms with van der Waals surface area (Å²) in [6.45, 7) is 2.52. The third-order valence-electron chi connectivity index (χ3n) is 4.46. The van der Waals surface area contributed by atoms with Crippen molar-refractivity contribution >= 4 is 17.4 Å². The maximum atomic E-state index is 12.9. The van der Waals surface area contributed by atoms with Gasteiger partial charge in [0.25, 0.3) is 5.91 Å². The van der Waals surface area contributed by atoms with Gasteiger partial charge in [-0.1, -0.05) is 48.5 Å². The van der Waals surface area contributed by atoms with E-state index >= 15 is 0 Å². The van der Waals surface area contributed by atoms with E-state index in [2.05, 4.69) is 25.6 Å². The summed E-state index contributed by atoms with van der Waals surface area (Å²) in [7, 11) is 0. The van der Waals surface area contributed by atoms with Crippen LogP contribution in [-0.4, -0.2) is 20.9 Å². The number of nitrogens with zero attached hydrogens (tertiary/aromatic N) is 3. The van der Waals surface area contributed by atoms with Crippen LogP contribution >= 0.6 is 0 Å².